The summed E-state index contributed by atoms with van der Waals surface area (Å²) in [5, 5.41) is 1.50. The predicted octanol–water partition coefficient (Wildman–Crippen LogP) is 5.37. The average molecular weight is 296 g/mol. The fourth-order valence-electron chi connectivity index (χ4n) is 2.31. The van der Waals surface area contributed by atoms with Crippen LogP contribution in [0.1, 0.15) is 11.3 Å². The van der Waals surface area contributed by atoms with Crippen LogP contribution in [0.15, 0.2) is 36.4 Å². The van der Waals surface area contributed by atoms with Gasteiger partial charge in [0, 0.05) is 15.8 Å². The number of benzene rings is 2. The van der Waals surface area contributed by atoms with E-state index in [4.69, 9.17) is 11.6 Å². The molecule has 0 saturated heterocycles. The summed E-state index contributed by atoms with van der Waals surface area (Å²) in [5.74, 6) is 0. The molecular weight excluding hydrogens is 287 g/mol. The first kappa shape index (κ1) is 13.2. The largest absolute Gasteiger partial charge is 0.433 e. The van der Waals surface area contributed by atoms with E-state index >= 15 is 0 Å². The molecule has 0 bridgehead atoms. The molecule has 0 aliphatic rings. The van der Waals surface area contributed by atoms with Gasteiger partial charge in [-0.05, 0) is 36.6 Å². The van der Waals surface area contributed by atoms with Crippen LogP contribution in [0.4, 0.5) is 13.2 Å². The average Bonchev–Trinajstić information content (AvgIpc) is 2.36. The molecule has 0 spiro atoms. The lowest BCUT2D eigenvalue weighted by Crippen LogP contribution is -2.09. The summed E-state index contributed by atoms with van der Waals surface area (Å²) in [7, 11) is 0. The standard InChI is InChI=1S/C15H9ClF3N/c1-8-2-5-13-11(6-8)10-4-3-9(16)7-12(10)14(20-13)15(17,18)19/h2-7H,1H3. The van der Waals surface area contributed by atoms with Crippen LogP contribution in [0, 0.1) is 6.92 Å². The van der Waals surface area contributed by atoms with Crippen molar-refractivity contribution in [2.45, 2.75) is 13.1 Å². The van der Waals surface area contributed by atoms with E-state index in [1.165, 1.54) is 6.07 Å². The number of pyridine rings is 1. The second kappa shape index (κ2) is 4.35. The van der Waals surface area contributed by atoms with Gasteiger partial charge in [0.2, 0.25) is 0 Å². The van der Waals surface area contributed by atoms with Crippen LogP contribution in [-0.2, 0) is 6.18 Å². The van der Waals surface area contributed by atoms with Crippen LogP contribution in [-0.4, -0.2) is 4.98 Å². The molecule has 0 aliphatic carbocycles. The zero-order chi connectivity index (χ0) is 14.5. The van der Waals surface area contributed by atoms with E-state index in [-0.39, 0.29) is 10.4 Å². The third-order valence-corrected chi connectivity index (χ3v) is 3.41. The number of alkyl halides is 3. The monoisotopic (exact) mass is 295 g/mol. The van der Waals surface area contributed by atoms with Crippen LogP contribution in [0.25, 0.3) is 21.7 Å². The van der Waals surface area contributed by atoms with E-state index in [0.29, 0.717) is 16.3 Å². The number of aromatic nitrogens is 1. The zero-order valence-electron chi connectivity index (χ0n) is 10.4. The van der Waals surface area contributed by atoms with Crippen LogP contribution < -0.4 is 0 Å². The molecule has 0 fully saturated rings. The molecule has 0 atom stereocenters. The Bertz CT molecular complexity index is 825. The van der Waals surface area contributed by atoms with Gasteiger partial charge in [0.1, 0.15) is 0 Å². The number of halogens is 4. The highest BCUT2D eigenvalue weighted by atomic mass is 35.5. The Morgan fingerprint density at radius 1 is 0.950 bits per heavy atom. The smallest absolute Gasteiger partial charge is 0.243 e. The Morgan fingerprint density at radius 2 is 1.70 bits per heavy atom. The highest BCUT2D eigenvalue weighted by molar-refractivity contribution is 6.31. The van der Waals surface area contributed by atoms with Gasteiger partial charge in [0.25, 0.3) is 0 Å². The highest BCUT2D eigenvalue weighted by Gasteiger charge is 2.35. The maximum absolute atomic E-state index is 13.2. The SMILES string of the molecule is Cc1ccc2nc(C(F)(F)F)c3cc(Cl)ccc3c2c1. The van der Waals surface area contributed by atoms with Crippen molar-refractivity contribution in [2.75, 3.05) is 0 Å². The minimum Gasteiger partial charge on any atom is -0.243 e. The first-order valence-corrected chi connectivity index (χ1v) is 6.31. The van der Waals surface area contributed by atoms with E-state index in [2.05, 4.69) is 4.98 Å². The minimum atomic E-state index is -4.51. The lowest BCUT2D eigenvalue weighted by Gasteiger charge is -2.12. The van der Waals surface area contributed by atoms with Crippen molar-refractivity contribution in [3.63, 3.8) is 0 Å². The molecule has 102 valence electrons. The normalized spacial score (nSPS) is 12.2. The van der Waals surface area contributed by atoms with Gasteiger partial charge in [0.15, 0.2) is 5.69 Å². The quantitative estimate of drug-likeness (QED) is 0.508. The molecule has 20 heavy (non-hydrogen) atoms. The van der Waals surface area contributed by atoms with E-state index in [1.54, 1.807) is 24.3 Å². The minimum absolute atomic E-state index is 0.0306. The molecule has 3 rings (SSSR count). The molecule has 1 aromatic heterocycles. The maximum Gasteiger partial charge on any atom is 0.433 e. The number of fused-ring (bicyclic) bond motifs is 3. The molecule has 1 nitrogen and oxygen atoms in total. The second-order valence-corrected chi connectivity index (χ2v) is 5.11. The van der Waals surface area contributed by atoms with Crippen LogP contribution in [0.2, 0.25) is 5.02 Å². The number of nitrogens with zero attached hydrogens (tertiary/aromatic N) is 1. The summed E-state index contributed by atoms with van der Waals surface area (Å²) in [4.78, 5) is 3.77. The second-order valence-electron chi connectivity index (χ2n) is 4.67. The molecule has 2 aromatic carbocycles. The molecule has 3 aromatic rings. The Morgan fingerprint density at radius 3 is 2.40 bits per heavy atom. The van der Waals surface area contributed by atoms with Gasteiger partial charge in [-0.1, -0.05) is 29.3 Å². The summed E-state index contributed by atoms with van der Waals surface area (Å²) >= 11 is 5.83. The zero-order valence-corrected chi connectivity index (χ0v) is 11.2. The van der Waals surface area contributed by atoms with Gasteiger partial charge in [-0.2, -0.15) is 13.2 Å². The van der Waals surface area contributed by atoms with Crippen LogP contribution in [0.5, 0.6) is 0 Å². The Balaban J connectivity index is 2.55. The molecule has 5 heteroatoms. The van der Waals surface area contributed by atoms with Crippen molar-refractivity contribution < 1.29 is 13.2 Å². The molecule has 0 aliphatic heterocycles. The van der Waals surface area contributed by atoms with Crippen LogP contribution in [0.3, 0.4) is 0 Å². The predicted molar refractivity (Wildman–Crippen MR) is 74.0 cm³/mol. The molecule has 1 heterocycles. The number of hydrogen-bond donors (Lipinski definition) is 0. The van der Waals surface area contributed by atoms with Crippen molar-refractivity contribution >= 4 is 33.3 Å². The lowest BCUT2D eigenvalue weighted by atomic mass is 10.0. The first-order chi connectivity index (χ1) is 9.36. The van der Waals surface area contributed by atoms with Gasteiger partial charge in [-0.15, -0.1) is 0 Å². The molecule has 0 unspecified atom stereocenters. The number of rotatable bonds is 0. The summed E-state index contributed by atoms with van der Waals surface area (Å²) in [6.07, 6.45) is -4.51. The topological polar surface area (TPSA) is 12.9 Å². The number of hydrogen-bond acceptors (Lipinski definition) is 1. The summed E-state index contributed by atoms with van der Waals surface area (Å²) < 4.78 is 39.5. The number of aryl methyl sites for hydroxylation is 1. The van der Waals surface area contributed by atoms with E-state index in [0.717, 1.165) is 5.56 Å². The van der Waals surface area contributed by atoms with Gasteiger partial charge < -0.3 is 0 Å². The summed E-state index contributed by atoms with van der Waals surface area (Å²) in [5.41, 5.74) is 0.402. The Labute approximate surface area is 118 Å². The Hall–Kier alpha value is -1.81. The third-order valence-electron chi connectivity index (χ3n) is 3.18. The van der Waals surface area contributed by atoms with E-state index in [9.17, 15) is 13.2 Å². The summed E-state index contributed by atoms with van der Waals surface area (Å²) in [6, 6.07) is 9.70. The van der Waals surface area contributed by atoms with E-state index in [1.807, 2.05) is 13.0 Å². The van der Waals surface area contributed by atoms with Crippen molar-refractivity contribution in [1.29, 1.82) is 0 Å². The molecule has 0 radical (unpaired) electrons. The van der Waals surface area contributed by atoms with Crippen molar-refractivity contribution in [3.05, 3.63) is 52.7 Å². The molecular formula is C15H9ClF3N. The molecule has 0 N–H and O–H groups in total. The highest BCUT2D eigenvalue weighted by Crippen LogP contribution is 2.37. The fourth-order valence-corrected chi connectivity index (χ4v) is 2.48. The molecule has 0 amide bonds. The summed E-state index contributed by atoms with van der Waals surface area (Å²) in [6.45, 7) is 1.89. The van der Waals surface area contributed by atoms with E-state index < -0.39 is 11.9 Å². The van der Waals surface area contributed by atoms with Gasteiger partial charge in [-0.3, -0.25) is 0 Å². The molecule has 0 saturated carbocycles. The Kier molecular flexibility index (Phi) is 2.87. The van der Waals surface area contributed by atoms with Crippen molar-refractivity contribution in [3.8, 4) is 0 Å². The van der Waals surface area contributed by atoms with Gasteiger partial charge >= 0.3 is 6.18 Å². The van der Waals surface area contributed by atoms with Gasteiger partial charge in [0.05, 0.1) is 5.52 Å². The first-order valence-electron chi connectivity index (χ1n) is 5.93. The third kappa shape index (κ3) is 2.10. The van der Waals surface area contributed by atoms with Crippen molar-refractivity contribution in [2.24, 2.45) is 0 Å². The van der Waals surface area contributed by atoms with Gasteiger partial charge in [-0.25, -0.2) is 4.98 Å². The lowest BCUT2D eigenvalue weighted by molar-refractivity contribution is -0.139. The van der Waals surface area contributed by atoms with Crippen molar-refractivity contribution in [1.82, 2.24) is 4.98 Å². The maximum atomic E-state index is 13.2. The fraction of sp³-hybridized carbons (Fsp3) is 0.133. The van der Waals surface area contributed by atoms with Crippen LogP contribution >= 0.6 is 11.6 Å².